The molecule has 0 unspecified atom stereocenters. The molecular formula is C19H28N4O3. The van der Waals surface area contributed by atoms with E-state index in [-0.39, 0.29) is 11.6 Å². The minimum absolute atomic E-state index is 0.0162. The van der Waals surface area contributed by atoms with Crippen LogP contribution in [0, 0.1) is 0 Å². The lowest BCUT2D eigenvalue weighted by Gasteiger charge is -2.26. The van der Waals surface area contributed by atoms with Gasteiger partial charge in [-0.1, -0.05) is 19.1 Å². The van der Waals surface area contributed by atoms with Crippen molar-refractivity contribution in [3.63, 3.8) is 0 Å². The molecule has 3 rings (SSSR count). The Hall–Kier alpha value is -2.12. The van der Waals surface area contributed by atoms with Crippen molar-refractivity contribution in [2.45, 2.75) is 32.9 Å². The van der Waals surface area contributed by atoms with Crippen LogP contribution in [-0.2, 0) is 22.6 Å². The lowest BCUT2D eigenvalue weighted by Crippen LogP contribution is -2.41. The van der Waals surface area contributed by atoms with E-state index in [1.807, 2.05) is 24.3 Å². The molecular weight excluding hydrogens is 332 g/mol. The van der Waals surface area contributed by atoms with Gasteiger partial charge in [-0.2, -0.15) is 0 Å². The van der Waals surface area contributed by atoms with Crippen molar-refractivity contribution in [2.75, 3.05) is 39.4 Å². The molecule has 1 fully saturated rings. The van der Waals surface area contributed by atoms with Crippen molar-refractivity contribution in [1.82, 2.24) is 19.4 Å². The van der Waals surface area contributed by atoms with Crippen LogP contribution in [-0.4, -0.2) is 59.3 Å². The number of nitrogens with zero attached hydrogens (tertiary/aromatic N) is 3. The number of morpholine rings is 1. The van der Waals surface area contributed by atoms with Crippen LogP contribution in [0.5, 0.6) is 0 Å². The van der Waals surface area contributed by atoms with Crippen LogP contribution < -0.4 is 11.0 Å². The summed E-state index contributed by atoms with van der Waals surface area (Å²) >= 11 is 0. The van der Waals surface area contributed by atoms with Gasteiger partial charge >= 0.3 is 5.69 Å². The number of benzene rings is 1. The topological polar surface area (TPSA) is 68.5 Å². The molecule has 142 valence electrons. The molecule has 0 atom stereocenters. The van der Waals surface area contributed by atoms with Crippen molar-refractivity contribution in [1.29, 1.82) is 0 Å². The van der Waals surface area contributed by atoms with Crippen LogP contribution in [0.15, 0.2) is 29.1 Å². The molecule has 7 heteroatoms. The number of aromatic nitrogens is 2. The van der Waals surface area contributed by atoms with E-state index in [9.17, 15) is 9.59 Å². The van der Waals surface area contributed by atoms with Gasteiger partial charge in [0.15, 0.2) is 0 Å². The third kappa shape index (κ3) is 4.34. The predicted octanol–water partition coefficient (Wildman–Crippen LogP) is 1.05. The molecule has 7 nitrogen and oxygen atoms in total. The average Bonchev–Trinajstić information content (AvgIpc) is 2.93. The minimum atomic E-state index is -0.0332. The number of carbonyl (C=O) groups excluding carboxylic acids is 1. The number of amides is 1. The van der Waals surface area contributed by atoms with Gasteiger partial charge in [0.2, 0.25) is 5.91 Å². The van der Waals surface area contributed by atoms with Crippen LogP contribution in [0.4, 0.5) is 0 Å². The fourth-order valence-electron chi connectivity index (χ4n) is 3.41. The fourth-order valence-corrected chi connectivity index (χ4v) is 3.41. The number of hydrogen-bond donors (Lipinski definition) is 1. The summed E-state index contributed by atoms with van der Waals surface area (Å²) < 4.78 is 8.83. The number of ether oxygens (including phenoxy) is 1. The zero-order chi connectivity index (χ0) is 18.4. The number of para-hydroxylation sites is 2. The van der Waals surface area contributed by atoms with Gasteiger partial charge in [0.1, 0.15) is 0 Å². The van der Waals surface area contributed by atoms with Gasteiger partial charge in [0.25, 0.3) is 0 Å². The molecule has 1 saturated heterocycles. The Labute approximate surface area is 153 Å². The second-order valence-corrected chi connectivity index (χ2v) is 6.63. The highest BCUT2D eigenvalue weighted by molar-refractivity contribution is 5.78. The second-order valence-electron chi connectivity index (χ2n) is 6.63. The van der Waals surface area contributed by atoms with E-state index >= 15 is 0 Å². The summed E-state index contributed by atoms with van der Waals surface area (Å²) in [6.07, 6.45) is 1.21. The number of hydrogen-bond acceptors (Lipinski definition) is 4. The molecule has 0 radical (unpaired) electrons. The van der Waals surface area contributed by atoms with E-state index in [1.165, 1.54) is 0 Å². The normalized spacial score (nSPS) is 15.4. The van der Waals surface area contributed by atoms with Crippen LogP contribution >= 0.6 is 0 Å². The standard InChI is InChI=1S/C19H28N4O3/c1-2-9-22-16-5-3-4-6-17(16)23(19(22)25)10-7-18(24)20-8-11-21-12-14-26-15-13-21/h3-6H,2,7-15H2,1H3,(H,20,24). The zero-order valence-electron chi connectivity index (χ0n) is 15.4. The molecule has 1 amide bonds. The fraction of sp³-hybridized carbons (Fsp3) is 0.579. The largest absolute Gasteiger partial charge is 0.379 e. The summed E-state index contributed by atoms with van der Waals surface area (Å²) in [5, 5.41) is 2.96. The molecule has 1 aliphatic heterocycles. The molecule has 0 saturated carbocycles. The van der Waals surface area contributed by atoms with Gasteiger partial charge < -0.3 is 10.1 Å². The Balaban J connectivity index is 1.56. The lowest BCUT2D eigenvalue weighted by molar-refractivity contribution is -0.121. The van der Waals surface area contributed by atoms with Gasteiger partial charge in [-0.15, -0.1) is 0 Å². The Morgan fingerprint density at radius 1 is 1.08 bits per heavy atom. The first-order valence-electron chi connectivity index (χ1n) is 9.45. The third-order valence-electron chi connectivity index (χ3n) is 4.79. The third-order valence-corrected chi connectivity index (χ3v) is 4.79. The van der Waals surface area contributed by atoms with Crippen LogP contribution in [0.3, 0.4) is 0 Å². The molecule has 2 heterocycles. The Bertz CT molecular complexity index is 790. The van der Waals surface area contributed by atoms with Gasteiger partial charge in [-0.05, 0) is 18.6 Å². The number of imidazole rings is 1. The number of fused-ring (bicyclic) bond motifs is 1. The maximum atomic E-state index is 12.7. The van der Waals surface area contributed by atoms with Gasteiger partial charge in [0.05, 0.1) is 24.2 Å². The summed E-state index contributed by atoms with van der Waals surface area (Å²) in [6.45, 7) is 7.98. The molecule has 0 bridgehead atoms. The first-order chi connectivity index (χ1) is 12.7. The van der Waals surface area contributed by atoms with E-state index in [4.69, 9.17) is 4.74 Å². The molecule has 1 aromatic carbocycles. The van der Waals surface area contributed by atoms with Gasteiger partial charge in [-0.3, -0.25) is 18.8 Å². The second kappa shape index (κ2) is 9.00. The van der Waals surface area contributed by atoms with Crippen LogP contribution in [0.1, 0.15) is 19.8 Å². The van der Waals surface area contributed by atoms with E-state index < -0.39 is 0 Å². The average molecular weight is 360 g/mol. The first kappa shape index (κ1) is 18.7. The highest BCUT2D eigenvalue weighted by Crippen LogP contribution is 2.13. The van der Waals surface area contributed by atoms with Crippen molar-refractivity contribution in [2.24, 2.45) is 0 Å². The molecule has 1 N–H and O–H groups in total. The van der Waals surface area contributed by atoms with E-state index in [0.29, 0.717) is 26.1 Å². The molecule has 2 aromatic rings. The monoisotopic (exact) mass is 360 g/mol. The summed E-state index contributed by atoms with van der Waals surface area (Å²) in [5.74, 6) is -0.0162. The van der Waals surface area contributed by atoms with Gasteiger partial charge in [0, 0.05) is 45.7 Å². The molecule has 0 spiro atoms. The summed E-state index contributed by atoms with van der Waals surface area (Å²) in [4.78, 5) is 27.1. The van der Waals surface area contributed by atoms with Crippen molar-refractivity contribution in [3.05, 3.63) is 34.7 Å². The smallest absolute Gasteiger partial charge is 0.329 e. The maximum Gasteiger partial charge on any atom is 0.329 e. The maximum absolute atomic E-state index is 12.7. The van der Waals surface area contributed by atoms with Crippen molar-refractivity contribution < 1.29 is 9.53 Å². The highest BCUT2D eigenvalue weighted by atomic mass is 16.5. The molecule has 1 aliphatic rings. The van der Waals surface area contributed by atoms with Crippen LogP contribution in [0.2, 0.25) is 0 Å². The Morgan fingerprint density at radius 2 is 1.73 bits per heavy atom. The summed E-state index contributed by atoms with van der Waals surface area (Å²) in [6, 6.07) is 7.78. The number of carbonyl (C=O) groups is 1. The highest BCUT2D eigenvalue weighted by Gasteiger charge is 2.14. The predicted molar refractivity (Wildman–Crippen MR) is 101 cm³/mol. The van der Waals surface area contributed by atoms with Crippen molar-refractivity contribution >= 4 is 16.9 Å². The van der Waals surface area contributed by atoms with E-state index in [2.05, 4.69) is 17.1 Å². The lowest BCUT2D eigenvalue weighted by atomic mass is 10.3. The van der Waals surface area contributed by atoms with Crippen molar-refractivity contribution in [3.8, 4) is 0 Å². The molecule has 26 heavy (non-hydrogen) atoms. The Kier molecular flexibility index (Phi) is 6.46. The Morgan fingerprint density at radius 3 is 2.38 bits per heavy atom. The van der Waals surface area contributed by atoms with Crippen LogP contribution in [0.25, 0.3) is 11.0 Å². The zero-order valence-corrected chi connectivity index (χ0v) is 15.4. The minimum Gasteiger partial charge on any atom is -0.379 e. The summed E-state index contributed by atoms with van der Waals surface area (Å²) in [5.41, 5.74) is 1.80. The molecule has 1 aromatic heterocycles. The summed E-state index contributed by atoms with van der Waals surface area (Å²) in [7, 11) is 0. The SMILES string of the molecule is CCCn1c(=O)n(CCC(=O)NCCN2CCOCC2)c2ccccc21. The molecule has 0 aliphatic carbocycles. The first-order valence-corrected chi connectivity index (χ1v) is 9.45. The van der Waals surface area contributed by atoms with Gasteiger partial charge in [-0.25, -0.2) is 4.79 Å². The number of nitrogens with one attached hydrogen (secondary N) is 1. The quantitative estimate of drug-likeness (QED) is 0.764. The number of rotatable bonds is 8. The van der Waals surface area contributed by atoms with E-state index in [1.54, 1.807) is 9.13 Å². The number of aryl methyl sites for hydroxylation is 2. The van der Waals surface area contributed by atoms with E-state index in [0.717, 1.165) is 50.3 Å².